The summed E-state index contributed by atoms with van der Waals surface area (Å²) >= 11 is 0. The molecule has 0 atom stereocenters. The number of fused-ring (bicyclic) bond motifs is 5. The first-order valence-corrected chi connectivity index (χ1v) is 7.35. The number of hydrogen-bond acceptors (Lipinski definition) is 2. The van der Waals surface area contributed by atoms with Crippen LogP contribution in [0.2, 0.25) is 0 Å². The molecule has 2 aromatic heterocycles. The molecule has 2 heterocycles. The van der Waals surface area contributed by atoms with Crippen molar-refractivity contribution >= 4 is 39.5 Å². The van der Waals surface area contributed by atoms with E-state index in [0.29, 0.717) is 0 Å². The number of rotatable bonds is 2. The molecule has 0 amide bonds. The van der Waals surface area contributed by atoms with Crippen molar-refractivity contribution in [3.63, 3.8) is 0 Å². The average molecular weight is 340 g/mol. The molecule has 0 bridgehead atoms. The highest BCUT2D eigenvalue weighted by atomic mass is 35.5. The number of non-ortho nitro benzene ring substituents is 1. The number of nitro groups is 1. The molecule has 0 radical (unpaired) electrons. The van der Waals surface area contributed by atoms with Crippen LogP contribution in [-0.2, 0) is 0 Å². The molecule has 0 saturated heterocycles. The lowest BCUT2D eigenvalue weighted by Crippen LogP contribution is -3.00. The molecule has 0 spiro atoms. The van der Waals surface area contributed by atoms with Gasteiger partial charge in [-0.15, -0.1) is 0 Å². The molecule has 4 aromatic rings. The number of allylic oxidation sites excluding steroid dienone is 1. The average Bonchev–Trinajstić information content (AvgIpc) is 2.89. The van der Waals surface area contributed by atoms with Gasteiger partial charge in [-0.25, -0.2) is 0 Å². The van der Waals surface area contributed by atoms with Gasteiger partial charge in [0, 0.05) is 23.6 Å². The van der Waals surface area contributed by atoms with Gasteiger partial charge in [0.25, 0.3) is 11.3 Å². The maximum atomic E-state index is 11.0. The Morgan fingerprint density at radius 3 is 2.62 bits per heavy atom. The van der Waals surface area contributed by atoms with Crippen LogP contribution < -0.4 is 17.0 Å². The zero-order chi connectivity index (χ0) is 16.0. The molecular weight excluding hydrogens is 326 g/mol. The van der Waals surface area contributed by atoms with Gasteiger partial charge >= 0.3 is 0 Å². The number of pyridine rings is 1. The predicted octanol–water partition coefficient (Wildman–Crippen LogP) is 0.936. The largest absolute Gasteiger partial charge is 1.00 e. The minimum atomic E-state index is -0.364. The van der Waals surface area contributed by atoms with E-state index in [1.165, 1.54) is 0 Å². The summed E-state index contributed by atoms with van der Waals surface area (Å²) in [7, 11) is 0. The molecule has 4 rings (SSSR count). The molecule has 0 aliphatic rings. The predicted molar refractivity (Wildman–Crippen MR) is 90.3 cm³/mol. The van der Waals surface area contributed by atoms with Gasteiger partial charge in [-0.3, -0.25) is 10.1 Å². The highest BCUT2D eigenvalue weighted by molar-refractivity contribution is 5.89. The molecule has 6 heteroatoms. The van der Waals surface area contributed by atoms with E-state index < -0.39 is 0 Å². The first kappa shape index (κ1) is 16.0. The normalized spacial score (nSPS) is 11.4. The topological polar surface area (TPSA) is 51.4 Å². The molecule has 0 unspecified atom stereocenters. The Balaban J connectivity index is 0.00000169. The van der Waals surface area contributed by atoms with E-state index in [2.05, 4.69) is 21.1 Å². The van der Waals surface area contributed by atoms with Crippen molar-refractivity contribution in [3.05, 3.63) is 70.8 Å². The van der Waals surface area contributed by atoms with Crippen LogP contribution in [0.4, 0.5) is 5.69 Å². The fourth-order valence-electron chi connectivity index (χ4n) is 3.08. The summed E-state index contributed by atoms with van der Waals surface area (Å²) in [6.07, 6.45) is 4.02. The first-order chi connectivity index (χ1) is 11.2. The van der Waals surface area contributed by atoms with Crippen molar-refractivity contribution < 1.29 is 21.9 Å². The maximum Gasteiger partial charge on any atom is 0.292 e. The van der Waals surface area contributed by atoms with E-state index in [1.54, 1.807) is 12.1 Å². The van der Waals surface area contributed by atoms with Gasteiger partial charge in [0.15, 0.2) is 11.0 Å². The van der Waals surface area contributed by atoms with Crippen LogP contribution in [0.15, 0.2) is 60.7 Å². The number of benzene rings is 2. The van der Waals surface area contributed by atoms with Crippen molar-refractivity contribution in [1.82, 2.24) is 4.40 Å². The van der Waals surface area contributed by atoms with Crippen molar-refractivity contribution in [2.24, 2.45) is 0 Å². The summed E-state index contributed by atoms with van der Waals surface area (Å²) in [5.74, 6) is 0. The van der Waals surface area contributed by atoms with E-state index in [9.17, 15) is 10.1 Å². The third-order valence-corrected chi connectivity index (χ3v) is 4.03. The second-order valence-electron chi connectivity index (χ2n) is 5.37. The Labute approximate surface area is 144 Å². The van der Waals surface area contributed by atoms with Crippen molar-refractivity contribution in [2.45, 2.75) is 6.92 Å². The van der Waals surface area contributed by atoms with Crippen LogP contribution in [0.1, 0.15) is 6.92 Å². The Bertz CT molecular complexity index is 1120. The van der Waals surface area contributed by atoms with Crippen LogP contribution in [0.3, 0.4) is 0 Å². The molecule has 2 aromatic carbocycles. The van der Waals surface area contributed by atoms with Crippen molar-refractivity contribution in [1.29, 1.82) is 0 Å². The second-order valence-corrected chi connectivity index (χ2v) is 5.37. The van der Waals surface area contributed by atoms with Gasteiger partial charge in [0.2, 0.25) is 0 Å². The molecule has 0 fully saturated rings. The number of halogens is 1. The van der Waals surface area contributed by atoms with Gasteiger partial charge in [-0.2, -0.15) is 8.97 Å². The fraction of sp³-hybridized carbons (Fsp3) is 0.0556. The smallest absolute Gasteiger partial charge is 0.292 e. The number of aromatic nitrogens is 2. The summed E-state index contributed by atoms with van der Waals surface area (Å²) in [5.41, 5.74) is 4.24. The first-order valence-electron chi connectivity index (χ1n) is 7.35. The SMILES string of the molecule is C/C=C/[n+]1c2ccccc2n2c3ccc([N+](=O)[O-])cc3ccc21.[Cl-]. The third-order valence-electron chi connectivity index (χ3n) is 4.03. The standard InChI is InChI=1S/C18H14N3O2.ClH/c1-2-11-19-16-5-3-4-6-17(16)20-15-9-8-14(21(22)23)12-13(15)7-10-18(19)20;/h2-12H,1H3;1H/q+1;/p-1/b11-2+;. The Morgan fingerprint density at radius 2 is 1.88 bits per heavy atom. The lowest BCUT2D eigenvalue weighted by Gasteiger charge is -1.98. The maximum absolute atomic E-state index is 11.0. The summed E-state index contributed by atoms with van der Waals surface area (Å²) in [5, 5.41) is 11.8. The highest BCUT2D eigenvalue weighted by Gasteiger charge is 2.20. The van der Waals surface area contributed by atoms with Gasteiger partial charge in [-0.1, -0.05) is 12.1 Å². The number of imidazole rings is 1. The minimum absolute atomic E-state index is 0. The van der Waals surface area contributed by atoms with E-state index in [0.717, 1.165) is 27.6 Å². The second kappa shape index (κ2) is 5.94. The molecule has 0 aliphatic carbocycles. The molecule has 24 heavy (non-hydrogen) atoms. The summed E-state index contributed by atoms with van der Waals surface area (Å²) in [6, 6.07) is 17.0. The molecule has 0 N–H and O–H groups in total. The highest BCUT2D eigenvalue weighted by Crippen LogP contribution is 2.25. The Morgan fingerprint density at radius 1 is 1.08 bits per heavy atom. The van der Waals surface area contributed by atoms with Crippen LogP contribution in [-0.4, -0.2) is 9.32 Å². The molecule has 0 aliphatic heterocycles. The summed E-state index contributed by atoms with van der Waals surface area (Å²) < 4.78 is 4.25. The minimum Gasteiger partial charge on any atom is -1.00 e. The van der Waals surface area contributed by atoms with E-state index in [1.807, 2.05) is 49.5 Å². The third kappa shape index (κ3) is 2.21. The quantitative estimate of drug-likeness (QED) is 0.310. The van der Waals surface area contributed by atoms with Gasteiger partial charge < -0.3 is 12.4 Å². The van der Waals surface area contributed by atoms with E-state index in [-0.39, 0.29) is 23.0 Å². The number of para-hydroxylation sites is 2. The molecule has 120 valence electrons. The lowest BCUT2D eigenvalue weighted by molar-refractivity contribution is -0.509. The number of nitro benzene ring substituents is 1. The van der Waals surface area contributed by atoms with Gasteiger partial charge in [0.1, 0.15) is 5.52 Å². The van der Waals surface area contributed by atoms with Gasteiger partial charge in [0.05, 0.1) is 11.1 Å². The Kier molecular flexibility index (Phi) is 3.95. The monoisotopic (exact) mass is 339 g/mol. The van der Waals surface area contributed by atoms with E-state index >= 15 is 0 Å². The van der Waals surface area contributed by atoms with Crippen LogP contribution in [0.25, 0.3) is 33.8 Å². The van der Waals surface area contributed by atoms with Crippen molar-refractivity contribution in [2.75, 3.05) is 0 Å². The summed E-state index contributed by atoms with van der Waals surface area (Å²) in [6.45, 7) is 1.98. The van der Waals surface area contributed by atoms with E-state index in [4.69, 9.17) is 0 Å². The zero-order valence-corrected chi connectivity index (χ0v) is 13.6. The Hall–Kier alpha value is -2.92. The molecule has 5 nitrogen and oxygen atoms in total. The fourth-order valence-corrected chi connectivity index (χ4v) is 3.08. The lowest BCUT2D eigenvalue weighted by atomic mass is 10.2. The van der Waals surface area contributed by atoms with Gasteiger partial charge in [-0.05, 0) is 37.3 Å². The number of hydrogen-bond donors (Lipinski definition) is 0. The number of nitrogens with zero attached hydrogens (tertiary/aromatic N) is 3. The summed E-state index contributed by atoms with van der Waals surface area (Å²) in [4.78, 5) is 10.6. The van der Waals surface area contributed by atoms with Crippen LogP contribution in [0, 0.1) is 10.1 Å². The van der Waals surface area contributed by atoms with Crippen LogP contribution >= 0.6 is 0 Å². The molecule has 0 saturated carbocycles. The zero-order valence-electron chi connectivity index (χ0n) is 12.9. The van der Waals surface area contributed by atoms with Crippen molar-refractivity contribution in [3.8, 4) is 0 Å². The van der Waals surface area contributed by atoms with Crippen LogP contribution in [0.5, 0.6) is 0 Å². The molecular formula is C18H14ClN3O2.